The Bertz CT molecular complexity index is 1150. The fraction of sp³-hybridized carbons (Fsp3) is 0.391. The van der Waals surface area contributed by atoms with E-state index in [-0.39, 0.29) is 11.8 Å². The van der Waals surface area contributed by atoms with Gasteiger partial charge in [-0.05, 0) is 62.9 Å². The number of amides is 2. The van der Waals surface area contributed by atoms with Crippen molar-refractivity contribution in [3.05, 3.63) is 46.8 Å². The van der Waals surface area contributed by atoms with E-state index >= 15 is 0 Å². The second kappa shape index (κ2) is 7.89. The lowest BCUT2D eigenvalue weighted by molar-refractivity contribution is -0.117. The SMILES string of the molecule is Cc1nc2c(c(C)nn2C)c(C)c1CCC(=O)Nc1cccc(N2CCCC2=O)c1. The van der Waals surface area contributed by atoms with Crippen LogP contribution >= 0.6 is 0 Å². The number of benzene rings is 1. The molecule has 2 aromatic heterocycles. The molecule has 0 bridgehead atoms. The average Bonchev–Trinajstić information content (AvgIpc) is 3.24. The summed E-state index contributed by atoms with van der Waals surface area (Å²) in [7, 11) is 1.90. The molecule has 30 heavy (non-hydrogen) atoms. The minimum atomic E-state index is -0.0540. The maximum absolute atomic E-state index is 12.6. The Labute approximate surface area is 176 Å². The van der Waals surface area contributed by atoms with Gasteiger partial charge in [0.25, 0.3) is 0 Å². The minimum Gasteiger partial charge on any atom is -0.326 e. The number of hydrogen-bond acceptors (Lipinski definition) is 4. The van der Waals surface area contributed by atoms with Gasteiger partial charge in [0, 0.05) is 48.9 Å². The van der Waals surface area contributed by atoms with Crippen molar-refractivity contribution in [2.45, 2.75) is 46.5 Å². The highest BCUT2D eigenvalue weighted by atomic mass is 16.2. The number of aromatic nitrogens is 3. The van der Waals surface area contributed by atoms with Gasteiger partial charge in [-0.1, -0.05) is 6.07 Å². The Morgan fingerprint density at radius 3 is 2.73 bits per heavy atom. The molecule has 1 aliphatic rings. The maximum atomic E-state index is 12.6. The fourth-order valence-corrected chi connectivity index (χ4v) is 4.36. The molecule has 156 valence electrons. The number of rotatable bonds is 5. The zero-order valence-electron chi connectivity index (χ0n) is 18.0. The van der Waals surface area contributed by atoms with E-state index in [2.05, 4.69) is 17.3 Å². The first-order chi connectivity index (χ1) is 14.3. The predicted molar refractivity (Wildman–Crippen MR) is 118 cm³/mol. The van der Waals surface area contributed by atoms with Crippen molar-refractivity contribution in [1.82, 2.24) is 14.8 Å². The first kappa shape index (κ1) is 20.1. The molecule has 4 rings (SSSR count). The van der Waals surface area contributed by atoms with Gasteiger partial charge >= 0.3 is 0 Å². The Morgan fingerprint density at radius 2 is 2.00 bits per heavy atom. The predicted octanol–water partition coefficient (Wildman–Crippen LogP) is 3.59. The molecule has 1 saturated heterocycles. The minimum absolute atomic E-state index is 0.0540. The number of fused-ring (bicyclic) bond motifs is 1. The molecular formula is C23H27N5O2. The number of carbonyl (C=O) groups is 2. The Kier molecular flexibility index (Phi) is 5.28. The molecule has 1 aromatic carbocycles. The lowest BCUT2D eigenvalue weighted by atomic mass is 9.99. The largest absolute Gasteiger partial charge is 0.326 e. The topological polar surface area (TPSA) is 80.1 Å². The molecular weight excluding hydrogens is 378 g/mol. The quantitative estimate of drug-likeness (QED) is 0.703. The molecule has 1 N–H and O–H groups in total. The average molecular weight is 406 g/mol. The van der Waals surface area contributed by atoms with Gasteiger partial charge in [-0.25, -0.2) is 4.98 Å². The first-order valence-electron chi connectivity index (χ1n) is 10.3. The summed E-state index contributed by atoms with van der Waals surface area (Å²) in [5, 5.41) is 8.52. The summed E-state index contributed by atoms with van der Waals surface area (Å²) in [4.78, 5) is 31.1. The van der Waals surface area contributed by atoms with Gasteiger partial charge in [0.2, 0.25) is 11.8 Å². The Hall–Kier alpha value is -3.22. The molecule has 1 aliphatic heterocycles. The van der Waals surface area contributed by atoms with Crippen LogP contribution in [0.25, 0.3) is 11.0 Å². The molecule has 7 nitrogen and oxygen atoms in total. The highest BCUT2D eigenvalue weighted by Crippen LogP contribution is 2.27. The van der Waals surface area contributed by atoms with Gasteiger partial charge in [0.1, 0.15) is 0 Å². The molecule has 2 amide bonds. The summed E-state index contributed by atoms with van der Waals surface area (Å²) in [6, 6.07) is 7.49. The van der Waals surface area contributed by atoms with E-state index < -0.39 is 0 Å². The second-order valence-electron chi connectivity index (χ2n) is 7.96. The van der Waals surface area contributed by atoms with Crippen molar-refractivity contribution in [3.63, 3.8) is 0 Å². The first-order valence-corrected chi connectivity index (χ1v) is 10.3. The Morgan fingerprint density at radius 1 is 1.20 bits per heavy atom. The molecule has 0 radical (unpaired) electrons. The summed E-state index contributed by atoms with van der Waals surface area (Å²) in [5.41, 5.74) is 6.56. The maximum Gasteiger partial charge on any atom is 0.227 e. The summed E-state index contributed by atoms with van der Waals surface area (Å²) in [5.74, 6) is 0.0831. The van der Waals surface area contributed by atoms with E-state index in [0.29, 0.717) is 24.9 Å². The van der Waals surface area contributed by atoms with Gasteiger partial charge in [-0.3, -0.25) is 14.3 Å². The lowest BCUT2D eigenvalue weighted by Crippen LogP contribution is -2.23. The van der Waals surface area contributed by atoms with Gasteiger partial charge in [0.15, 0.2) is 5.65 Å². The zero-order valence-corrected chi connectivity index (χ0v) is 18.0. The van der Waals surface area contributed by atoms with Crippen LogP contribution in [0.3, 0.4) is 0 Å². The van der Waals surface area contributed by atoms with Gasteiger partial charge in [0.05, 0.1) is 5.69 Å². The third-order valence-electron chi connectivity index (χ3n) is 5.85. The third-order valence-corrected chi connectivity index (χ3v) is 5.85. The summed E-state index contributed by atoms with van der Waals surface area (Å²) in [6.07, 6.45) is 2.44. The van der Waals surface area contributed by atoms with E-state index in [1.54, 1.807) is 9.58 Å². The van der Waals surface area contributed by atoms with Crippen molar-refractivity contribution in [1.29, 1.82) is 0 Å². The van der Waals surface area contributed by atoms with Crippen LogP contribution < -0.4 is 10.2 Å². The number of nitrogens with one attached hydrogen (secondary N) is 1. The van der Waals surface area contributed by atoms with E-state index in [0.717, 1.165) is 52.2 Å². The standard InChI is InChI=1S/C23H27N5O2/c1-14-19(15(2)24-23-22(14)16(3)26-27(23)4)10-11-20(29)25-17-7-5-8-18(13-17)28-12-6-9-21(28)30/h5,7-8,13H,6,9-12H2,1-4H3,(H,25,29). The normalized spacial score (nSPS) is 14.0. The zero-order chi connectivity index (χ0) is 21.4. The van der Waals surface area contributed by atoms with Crippen LogP contribution in [-0.2, 0) is 23.1 Å². The molecule has 0 atom stereocenters. The van der Waals surface area contributed by atoms with Crippen LogP contribution in [0.2, 0.25) is 0 Å². The summed E-state index contributed by atoms with van der Waals surface area (Å²) < 4.78 is 1.80. The van der Waals surface area contributed by atoms with E-state index in [4.69, 9.17) is 4.98 Å². The van der Waals surface area contributed by atoms with Crippen molar-refractivity contribution in [2.24, 2.45) is 7.05 Å². The molecule has 7 heteroatoms. The van der Waals surface area contributed by atoms with Crippen LogP contribution in [0.4, 0.5) is 11.4 Å². The molecule has 0 saturated carbocycles. The third kappa shape index (κ3) is 3.67. The second-order valence-corrected chi connectivity index (χ2v) is 7.96. The molecule has 0 spiro atoms. The van der Waals surface area contributed by atoms with Crippen LogP contribution in [0.15, 0.2) is 24.3 Å². The smallest absolute Gasteiger partial charge is 0.227 e. The number of aryl methyl sites for hydroxylation is 4. The monoisotopic (exact) mass is 405 g/mol. The number of pyridine rings is 1. The van der Waals surface area contributed by atoms with Crippen LogP contribution in [-0.4, -0.2) is 33.1 Å². The Balaban J connectivity index is 1.47. The van der Waals surface area contributed by atoms with Crippen LogP contribution in [0, 0.1) is 20.8 Å². The molecule has 1 fully saturated rings. The van der Waals surface area contributed by atoms with Crippen LogP contribution in [0.5, 0.6) is 0 Å². The van der Waals surface area contributed by atoms with Gasteiger partial charge in [-0.15, -0.1) is 0 Å². The number of carbonyl (C=O) groups excluding carboxylic acids is 2. The number of hydrogen-bond donors (Lipinski definition) is 1. The van der Waals surface area contributed by atoms with E-state index in [1.165, 1.54) is 0 Å². The highest BCUT2D eigenvalue weighted by Gasteiger charge is 2.22. The van der Waals surface area contributed by atoms with Crippen molar-refractivity contribution >= 4 is 34.2 Å². The molecule has 0 unspecified atom stereocenters. The van der Waals surface area contributed by atoms with Crippen molar-refractivity contribution < 1.29 is 9.59 Å². The van der Waals surface area contributed by atoms with Crippen molar-refractivity contribution in [3.8, 4) is 0 Å². The van der Waals surface area contributed by atoms with E-state index in [9.17, 15) is 9.59 Å². The number of anilines is 2. The van der Waals surface area contributed by atoms with Crippen LogP contribution in [0.1, 0.15) is 41.8 Å². The molecule has 3 aromatic rings. The molecule has 0 aliphatic carbocycles. The lowest BCUT2D eigenvalue weighted by Gasteiger charge is -2.17. The summed E-state index contributed by atoms with van der Waals surface area (Å²) >= 11 is 0. The highest BCUT2D eigenvalue weighted by molar-refractivity contribution is 5.97. The molecule has 3 heterocycles. The van der Waals surface area contributed by atoms with Gasteiger partial charge in [-0.2, -0.15) is 5.10 Å². The number of nitrogens with zero attached hydrogens (tertiary/aromatic N) is 4. The fourth-order valence-electron chi connectivity index (χ4n) is 4.36. The summed E-state index contributed by atoms with van der Waals surface area (Å²) in [6.45, 7) is 6.78. The van der Waals surface area contributed by atoms with Crippen molar-refractivity contribution in [2.75, 3.05) is 16.8 Å². The van der Waals surface area contributed by atoms with Gasteiger partial charge < -0.3 is 10.2 Å². The van der Waals surface area contributed by atoms with E-state index in [1.807, 2.05) is 45.2 Å².